The number of aromatic nitrogens is 3. The molecule has 0 aliphatic heterocycles. The minimum atomic E-state index is -3.82. The minimum absolute atomic E-state index is 0. The molecule has 0 spiro atoms. The standard InChI is InChI=1S/C62H59N3O.Pt/c1-39(2)45-24-29-56(53(37-45)44-22-27-51(28-23-44)62(8,9)10)65-57-19-15-18-52(58(57)64-60(65)54-33-40(3)32-41(4)59(54)66-11)48-34-47(42-16-13-12-14-17-42)35-49(36-48)55-38-46(30-31-63-55)43-20-25-50(26-21-43)61(5,6)7;/h12-35,37-39H,11H2,1-10H3;/q-2;+2/i5D3,6D3,7D3,20D,21D,25D,26D,39D;. The Morgan fingerprint density at radius 2 is 1.40 bits per heavy atom. The molecule has 0 saturated carbocycles. The maximum absolute atomic E-state index is 9.17. The quantitative estimate of drug-likeness (QED) is 0.135. The van der Waals surface area contributed by atoms with E-state index in [1.165, 1.54) is 23.9 Å². The predicted molar refractivity (Wildman–Crippen MR) is 277 cm³/mol. The van der Waals surface area contributed by atoms with Crippen molar-refractivity contribution in [3.8, 4) is 78.6 Å². The summed E-state index contributed by atoms with van der Waals surface area (Å²) in [5.74, 6) is 0.183. The van der Waals surface area contributed by atoms with Crippen LogP contribution in [0.25, 0.3) is 83.9 Å². The second-order valence-corrected chi connectivity index (χ2v) is 18.1. The summed E-state index contributed by atoms with van der Waals surface area (Å²) >= 11 is 0. The molecule has 338 valence electrons. The van der Waals surface area contributed by atoms with Crippen LogP contribution in [0.5, 0.6) is 5.75 Å². The Balaban J connectivity index is 0.00000860. The molecule has 2 heterocycles. The van der Waals surface area contributed by atoms with Crippen molar-refractivity contribution in [1.29, 1.82) is 0 Å². The van der Waals surface area contributed by atoms with E-state index in [1.54, 1.807) is 0 Å². The van der Waals surface area contributed by atoms with Gasteiger partial charge in [-0.1, -0.05) is 181 Å². The summed E-state index contributed by atoms with van der Waals surface area (Å²) in [6, 6.07) is 40.8. The van der Waals surface area contributed by atoms with Crippen LogP contribution in [-0.4, -0.2) is 14.5 Å². The van der Waals surface area contributed by atoms with Crippen LogP contribution in [0.15, 0.2) is 158 Å². The van der Waals surface area contributed by atoms with Gasteiger partial charge >= 0.3 is 21.1 Å². The third-order valence-corrected chi connectivity index (χ3v) is 12.0. The fraction of sp³-hybridized carbons (Fsp3) is 0.210. The van der Waals surface area contributed by atoms with Crippen LogP contribution in [-0.2, 0) is 31.9 Å². The Labute approximate surface area is 432 Å². The number of benzene rings is 7. The molecule has 0 aliphatic carbocycles. The maximum Gasteiger partial charge on any atom is 2.00 e. The molecule has 2 aromatic heterocycles. The normalized spacial score (nSPS) is 15.6. The predicted octanol–water partition coefficient (Wildman–Crippen LogP) is 16.7. The zero-order chi connectivity index (χ0) is 58.4. The third kappa shape index (κ3) is 9.47. The van der Waals surface area contributed by atoms with Crippen LogP contribution >= 0.6 is 0 Å². The molecule has 67 heavy (non-hydrogen) atoms. The van der Waals surface area contributed by atoms with Crippen LogP contribution in [0, 0.1) is 27.0 Å². The van der Waals surface area contributed by atoms with Gasteiger partial charge in [0.25, 0.3) is 0 Å². The van der Waals surface area contributed by atoms with Crippen molar-refractivity contribution in [2.24, 2.45) is 0 Å². The summed E-state index contributed by atoms with van der Waals surface area (Å²) in [5.41, 5.74) is 6.82. The number of pyridine rings is 1. The molecule has 0 amide bonds. The topological polar surface area (TPSA) is 39.9 Å². The number of imidazole rings is 1. The van der Waals surface area contributed by atoms with Gasteiger partial charge in [0.15, 0.2) is 0 Å². The number of hydrogen-bond donors (Lipinski definition) is 0. The first-order chi connectivity index (χ1) is 37.3. The van der Waals surface area contributed by atoms with Crippen LogP contribution in [0.1, 0.15) is 108 Å². The second-order valence-electron chi connectivity index (χ2n) is 18.1. The summed E-state index contributed by atoms with van der Waals surface area (Å²) in [6.45, 7) is 2.77. The summed E-state index contributed by atoms with van der Waals surface area (Å²) in [7, 11) is 3.88. The monoisotopic (exact) mass is 1070 g/mol. The van der Waals surface area contributed by atoms with Crippen molar-refractivity contribution in [1.82, 2.24) is 14.5 Å². The zero-order valence-corrected chi connectivity index (χ0v) is 40.7. The Kier molecular flexibility index (Phi) is 9.05. The largest absolute Gasteiger partial charge is 2.00 e. The second kappa shape index (κ2) is 18.7. The molecule has 0 bridgehead atoms. The Morgan fingerprint density at radius 3 is 2.09 bits per heavy atom. The van der Waals surface area contributed by atoms with Gasteiger partial charge in [-0.05, 0) is 111 Å². The summed E-state index contributed by atoms with van der Waals surface area (Å²) in [5, 5.41) is 0. The number of nitrogens with zero attached hydrogens (tertiary/aromatic N) is 3. The number of para-hydroxylation sites is 1. The van der Waals surface area contributed by atoms with Crippen molar-refractivity contribution in [3.05, 3.63) is 199 Å². The molecule has 0 atom stereocenters. The van der Waals surface area contributed by atoms with Gasteiger partial charge in [-0.25, -0.2) is 4.98 Å². The van der Waals surface area contributed by atoms with Gasteiger partial charge < -0.3 is 4.74 Å². The Hall–Kier alpha value is -6.35. The van der Waals surface area contributed by atoms with E-state index in [0.29, 0.717) is 39.3 Å². The van der Waals surface area contributed by atoms with Crippen LogP contribution < -0.4 is 4.74 Å². The van der Waals surface area contributed by atoms with Gasteiger partial charge in [-0.15, -0.1) is 23.8 Å². The van der Waals surface area contributed by atoms with Crippen molar-refractivity contribution in [3.63, 3.8) is 0 Å². The molecule has 7 aromatic carbocycles. The molecule has 9 aromatic rings. The van der Waals surface area contributed by atoms with Gasteiger partial charge in [0.2, 0.25) is 0 Å². The fourth-order valence-electron chi connectivity index (χ4n) is 8.50. The third-order valence-electron chi connectivity index (χ3n) is 12.0. The summed E-state index contributed by atoms with van der Waals surface area (Å²) in [4.78, 5) is 10.3. The van der Waals surface area contributed by atoms with Gasteiger partial charge in [0, 0.05) is 31.2 Å². The van der Waals surface area contributed by atoms with Crippen molar-refractivity contribution in [2.75, 3.05) is 0 Å². The average Bonchev–Trinajstić information content (AvgIpc) is 3.93. The molecule has 4 nitrogen and oxygen atoms in total. The van der Waals surface area contributed by atoms with Gasteiger partial charge in [-0.3, -0.25) is 9.55 Å². The molecule has 0 radical (unpaired) electrons. The minimum Gasteiger partial charge on any atom is -0.665 e. The van der Waals surface area contributed by atoms with Gasteiger partial charge in [0.1, 0.15) is 5.82 Å². The number of hydrogen-bond acceptors (Lipinski definition) is 3. The SMILES string of the molecule is [2H]c1c([2H])c(C(C([2H])([2H])[2H])(C([2H])([2H])[2H])C([2H])([2H])[2H])c([2H])c([2H])c1-c1ccnc(-c2[c-]c(-c3cccc4c3nc(-c3cc(C)cc(C)c3O[CH2-])n4-c3ccc(C([2H])(C)C)cc3-c3ccc(C(C)(C)C)cc3)cc(-c3ccccc3)c2)c1.[Pt+2]. The van der Waals surface area contributed by atoms with Gasteiger partial charge in [0.05, 0.1) is 33.5 Å². The van der Waals surface area contributed by atoms with Crippen molar-refractivity contribution in [2.45, 2.75) is 85.7 Å². The van der Waals surface area contributed by atoms with Crippen LogP contribution in [0.3, 0.4) is 0 Å². The van der Waals surface area contributed by atoms with E-state index in [9.17, 15) is 2.74 Å². The molecular formula is C62H59N3OPt. The maximum atomic E-state index is 9.17. The summed E-state index contributed by atoms with van der Waals surface area (Å²) < 4.78 is 128. The smallest absolute Gasteiger partial charge is 0.665 e. The Morgan fingerprint density at radius 1 is 0.672 bits per heavy atom. The van der Waals surface area contributed by atoms with E-state index >= 15 is 0 Å². The molecule has 9 rings (SSSR count). The first-order valence-electron chi connectivity index (χ1n) is 28.8. The first-order valence-corrected chi connectivity index (χ1v) is 21.8. The zero-order valence-electron chi connectivity index (χ0n) is 52.5. The number of ether oxygens (including phenoxy) is 1. The number of fused-ring (bicyclic) bond motifs is 1. The molecule has 0 N–H and O–H groups in total. The number of aryl methyl sites for hydroxylation is 2. The molecule has 0 saturated heterocycles. The molecule has 5 heteroatoms. The summed E-state index contributed by atoms with van der Waals surface area (Å²) in [6.07, 6.45) is 1.41. The molecule has 0 aliphatic rings. The van der Waals surface area contributed by atoms with E-state index in [4.69, 9.17) is 31.2 Å². The van der Waals surface area contributed by atoms with Crippen molar-refractivity contribution < 1.29 is 45.0 Å². The van der Waals surface area contributed by atoms with Gasteiger partial charge in [-0.2, -0.15) is 7.11 Å². The van der Waals surface area contributed by atoms with Crippen LogP contribution in [0.2, 0.25) is 0 Å². The van der Waals surface area contributed by atoms with E-state index < -0.39 is 61.6 Å². The van der Waals surface area contributed by atoms with E-state index in [2.05, 4.69) is 68.8 Å². The van der Waals surface area contributed by atoms with E-state index in [-0.39, 0.29) is 43.3 Å². The molecular weight excluding hydrogens is 998 g/mol. The fourth-order valence-corrected chi connectivity index (χ4v) is 8.50. The van der Waals surface area contributed by atoms with E-state index in [1.807, 2.05) is 113 Å². The Bertz CT molecular complexity index is 3810. The molecule has 0 fully saturated rings. The van der Waals surface area contributed by atoms with E-state index in [0.717, 1.165) is 50.1 Å². The number of rotatable bonds is 9. The van der Waals surface area contributed by atoms with Crippen LogP contribution in [0.4, 0.5) is 0 Å². The average molecular weight is 1070 g/mol. The molecule has 0 unspecified atom stereocenters. The first kappa shape index (κ1) is 32.4. The van der Waals surface area contributed by atoms with Crippen molar-refractivity contribution >= 4 is 11.0 Å².